The minimum Gasteiger partial charge on any atom is -0.452 e. The maximum absolute atomic E-state index is 12.6. The van der Waals surface area contributed by atoms with Gasteiger partial charge in [-0.25, -0.2) is 13.2 Å². The molecule has 0 heterocycles. The summed E-state index contributed by atoms with van der Waals surface area (Å²) in [6.07, 6.45) is 1.17. The molecule has 0 aliphatic rings. The number of sulfone groups is 1. The third kappa shape index (κ3) is 5.90. The van der Waals surface area contributed by atoms with Gasteiger partial charge in [0, 0.05) is 18.5 Å². The van der Waals surface area contributed by atoms with E-state index in [0.29, 0.717) is 11.3 Å². The average Bonchev–Trinajstić information content (AvgIpc) is 2.67. The van der Waals surface area contributed by atoms with Gasteiger partial charge in [0.1, 0.15) is 0 Å². The molecule has 0 N–H and O–H groups in total. The van der Waals surface area contributed by atoms with Crippen molar-refractivity contribution in [3.05, 3.63) is 59.2 Å². The lowest BCUT2D eigenvalue weighted by molar-refractivity contribution is -0.121. The number of carbonyl (C=O) groups excluding carboxylic acids is 2. The van der Waals surface area contributed by atoms with Crippen LogP contribution in [0, 0.1) is 25.2 Å². The fourth-order valence-electron chi connectivity index (χ4n) is 2.62. The molecule has 0 bridgehead atoms. The zero-order valence-electron chi connectivity index (χ0n) is 16.5. The Labute approximate surface area is 170 Å². The number of hydrogen-bond acceptors (Lipinski definition) is 6. The Bertz CT molecular complexity index is 1050. The van der Waals surface area contributed by atoms with Gasteiger partial charge < -0.3 is 9.64 Å². The van der Waals surface area contributed by atoms with Gasteiger partial charge in [0.15, 0.2) is 16.4 Å². The standard InChI is InChI=1S/C21H22N2O5S/c1-15-5-8-17(9-6-15)23(12-4-11-22)20(24)14-28-21(25)19-13-18(29(3,26)27)10-7-16(19)2/h5-10,13H,4,12,14H2,1-3H3. The van der Waals surface area contributed by atoms with Gasteiger partial charge in [0.25, 0.3) is 5.91 Å². The van der Waals surface area contributed by atoms with Crippen molar-refractivity contribution < 1.29 is 22.7 Å². The van der Waals surface area contributed by atoms with E-state index in [9.17, 15) is 18.0 Å². The molecule has 0 aliphatic carbocycles. The maximum atomic E-state index is 12.6. The van der Waals surface area contributed by atoms with Crippen LogP contribution in [0.2, 0.25) is 0 Å². The second-order valence-corrected chi connectivity index (χ2v) is 8.63. The minimum absolute atomic E-state index is 0.00308. The number of aryl methyl sites for hydroxylation is 2. The normalized spacial score (nSPS) is 10.8. The van der Waals surface area contributed by atoms with Gasteiger partial charge in [-0.3, -0.25) is 4.79 Å². The highest BCUT2D eigenvalue weighted by Crippen LogP contribution is 2.18. The zero-order chi connectivity index (χ0) is 21.6. The molecule has 0 aromatic heterocycles. The molecule has 0 saturated heterocycles. The average molecular weight is 414 g/mol. The van der Waals surface area contributed by atoms with Crippen LogP contribution in [0.25, 0.3) is 0 Å². The number of rotatable bonds is 7. The van der Waals surface area contributed by atoms with Crippen LogP contribution < -0.4 is 4.90 Å². The topological polar surface area (TPSA) is 105 Å². The van der Waals surface area contributed by atoms with Gasteiger partial charge in [-0.15, -0.1) is 0 Å². The predicted molar refractivity (Wildman–Crippen MR) is 108 cm³/mol. The van der Waals surface area contributed by atoms with Crippen LogP contribution in [0.5, 0.6) is 0 Å². The number of benzene rings is 2. The summed E-state index contributed by atoms with van der Waals surface area (Å²) in [5.74, 6) is -1.26. The Hall–Kier alpha value is -3.18. The molecule has 0 spiro atoms. The Morgan fingerprint density at radius 3 is 2.34 bits per heavy atom. The summed E-state index contributed by atoms with van der Waals surface area (Å²) in [6.45, 7) is 3.20. The molecule has 0 unspecified atom stereocenters. The summed E-state index contributed by atoms with van der Waals surface area (Å²) in [4.78, 5) is 26.4. The Balaban J connectivity index is 2.16. The number of anilines is 1. The van der Waals surface area contributed by atoms with Crippen molar-refractivity contribution in [3.63, 3.8) is 0 Å². The van der Waals surface area contributed by atoms with Gasteiger partial charge in [-0.05, 0) is 43.7 Å². The summed E-state index contributed by atoms with van der Waals surface area (Å²) >= 11 is 0. The van der Waals surface area contributed by atoms with Gasteiger partial charge in [0.05, 0.1) is 22.9 Å². The highest BCUT2D eigenvalue weighted by Gasteiger charge is 2.20. The maximum Gasteiger partial charge on any atom is 0.338 e. The molecular formula is C21H22N2O5S. The fourth-order valence-corrected chi connectivity index (χ4v) is 3.27. The quantitative estimate of drug-likeness (QED) is 0.645. The van der Waals surface area contributed by atoms with Crippen molar-refractivity contribution in [3.8, 4) is 6.07 Å². The molecule has 0 radical (unpaired) electrons. The third-order valence-corrected chi connectivity index (χ3v) is 5.39. The first-order valence-corrected chi connectivity index (χ1v) is 10.7. The summed E-state index contributed by atoms with van der Waals surface area (Å²) < 4.78 is 28.6. The number of nitrogens with zero attached hydrogens (tertiary/aromatic N) is 2. The smallest absolute Gasteiger partial charge is 0.338 e. The highest BCUT2D eigenvalue weighted by atomic mass is 32.2. The lowest BCUT2D eigenvalue weighted by atomic mass is 10.1. The number of ether oxygens (including phenoxy) is 1. The molecule has 0 saturated carbocycles. The summed E-state index contributed by atoms with van der Waals surface area (Å²) in [5.41, 5.74) is 2.24. The van der Waals surface area contributed by atoms with Crippen LogP contribution >= 0.6 is 0 Å². The van der Waals surface area contributed by atoms with Crippen LogP contribution in [0.3, 0.4) is 0 Å². The van der Waals surface area contributed by atoms with Gasteiger partial charge in [0.2, 0.25) is 0 Å². The second kappa shape index (κ2) is 9.34. The van der Waals surface area contributed by atoms with Crippen molar-refractivity contribution >= 4 is 27.4 Å². The lowest BCUT2D eigenvalue weighted by Gasteiger charge is -2.22. The van der Waals surface area contributed by atoms with E-state index in [4.69, 9.17) is 10.00 Å². The van der Waals surface area contributed by atoms with Crippen molar-refractivity contribution in [1.29, 1.82) is 5.26 Å². The number of hydrogen-bond donors (Lipinski definition) is 0. The van der Waals surface area contributed by atoms with Crippen LogP contribution in [0.1, 0.15) is 27.9 Å². The number of amides is 1. The molecule has 0 atom stereocenters. The third-order valence-electron chi connectivity index (χ3n) is 4.28. The SMILES string of the molecule is Cc1ccc(N(CCC#N)C(=O)COC(=O)c2cc(S(C)(=O)=O)ccc2C)cc1. The number of nitriles is 1. The van der Waals surface area contributed by atoms with E-state index in [1.807, 2.05) is 25.1 Å². The largest absolute Gasteiger partial charge is 0.452 e. The van der Waals surface area contributed by atoms with Gasteiger partial charge >= 0.3 is 5.97 Å². The van der Waals surface area contributed by atoms with E-state index >= 15 is 0 Å². The van der Waals surface area contributed by atoms with E-state index in [-0.39, 0.29) is 23.4 Å². The number of esters is 1. The lowest BCUT2D eigenvalue weighted by Crippen LogP contribution is -2.35. The summed E-state index contributed by atoms with van der Waals surface area (Å²) in [5, 5.41) is 8.85. The highest BCUT2D eigenvalue weighted by molar-refractivity contribution is 7.90. The van der Waals surface area contributed by atoms with Crippen LogP contribution in [-0.2, 0) is 19.4 Å². The van der Waals surface area contributed by atoms with E-state index in [2.05, 4.69) is 0 Å². The summed E-state index contributed by atoms with van der Waals surface area (Å²) in [6, 6.07) is 13.4. The van der Waals surface area contributed by atoms with Gasteiger partial charge in [-0.1, -0.05) is 23.8 Å². The molecule has 29 heavy (non-hydrogen) atoms. The summed E-state index contributed by atoms with van der Waals surface area (Å²) in [7, 11) is -3.48. The molecule has 2 aromatic carbocycles. The Morgan fingerprint density at radius 1 is 1.10 bits per heavy atom. The van der Waals surface area contributed by atoms with Crippen molar-refractivity contribution in [1.82, 2.24) is 0 Å². The first kappa shape index (κ1) is 22.1. The first-order valence-electron chi connectivity index (χ1n) is 8.85. The van der Waals surface area contributed by atoms with Crippen molar-refractivity contribution in [2.75, 3.05) is 24.3 Å². The second-order valence-electron chi connectivity index (χ2n) is 6.61. The monoisotopic (exact) mass is 414 g/mol. The number of carbonyl (C=O) groups is 2. The van der Waals surface area contributed by atoms with E-state index in [1.165, 1.54) is 23.1 Å². The van der Waals surface area contributed by atoms with Crippen molar-refractivity contribution in [2.24, 2.45) is 0 Å². The molecule has 2 aromatic rings. The molecule has 0 fully saturated rings. The van der Waals surface area contributed by atoms with Crippen LogP contribution in [-0.4, -0.2) is 39.7 Å². The Kier molecular flexibility index (Phi) is 7.13. The zero-order valence-corrected chi connectivity index (χ0v) is 17.3. The van der Waals surface area contributed by atoms with Gasteiger partial charge in [-0.2, -0.15) is 5.26 Å². The fraction of sp³-hybridized carbons (Fsp3) is 0.286. The molecule has 0 aliphatic heterocycles. The minimum atomic E-state index is -3.48. The first-order chi connectivity index (χ1) is 13.6. The van der Waals surface area contributed by atoms with E-state index in [0.717, 1.165) is 11.8 Å². The molecule has 8 heteroatoms. The molecule has 2 rings (SSSR count). The Morgan fingerprint density at radius 2 is 1.76 bits per heavy atom. The molecule has 152 valence electrons. The van der Waals surface area contributed by atoms with Crippen LogP contribution in [0.4, 0.5) is 5.69 Å². The molecule has 7 nitrogen and oxygen atoms in total. The van der Waals surface area contributed by atoms with Crippen molar-refractivity contribution in [2.45, 2.75) is 25.2 Å². The van der Waals surface area contributed by atoms with Crippen LogP contribution in [0.15, 0.2) is 47.4 Å². The van der Waals surface area contributed by atoms with E-state index in [1.54, 1.807) is 19.1 Å². The molecular weight excluding hydrogens is 392 g/mol. The predicted octanol–water partition coefficient (Wildman–Crippen LogP) is 2.81. The molecule has 1 amide bonds. The van der Waals surface area contributed by atoms with E-state index < -0.39 is 28.3 Å².